The van der Waals surface area contributed by atoms with Crippen LogP contribution in [0.5, 0.6) is 11.5 Å². The molecule has 0 amide bonds. The first-order valence-corrected chi connectivity index (χ1v) is 6.05. The van der Waals surface area contributed by atoms with Gasteiger partial charge in [0.15, 0.2) is 5.78 Å². The Morgan fingerprint density at radius 2 is 2.16 bits per heavy atom. The summed E-state index contributed by atoms with van der Waals surface area (Å²) in [6, 6.07) is 3.05. The number of fused-ring (bicyclic) bond motifs is 1. The van der Waals surface area contributed by atoms with Gasteiger partial charge < -0.3 is 14.6 Å². The molecular weight excluding hydrogens is 248 g/mol. The molecule has 0 fully saturated rings. The summed E-state index contributed by atoms with van der Waals surface area (Å²) in [6.07, 6.45) is 0.182. The van der Waals surface area contributed by atoms with Crippen molar-refractivity contribution >= 4 is 11.8 Å². The monoisotopic (exact) mass is 264 g/mol. The van der Waals surface area contributed by atoms with Crippen LogP contribution in [0.1, 0.15) is 29.8 Å². The minimum Gasteiger partial charge on any atom is -0.507 e. The highest BCUT2D eigenvalue weighted by Crippen LogP contribution is 2.36. The van der Waals surface area contributed by atoms with Gasteiger partial charge in [-0.25, -0.2) is 0 Å². The topological polar surface area (TPSA) is 72.8 Å². The average molecular weight is 264 g/mol. The molecule has 102 valence electrons. The van der Waals surface area contributed by atoms with Crippen molar-refractivity contribution in [2.75, 3.05) is 7.11 Å². The number of hydrogen-bond donors (Lipinski definition) is 1. The van der Waals surface area contributed by atoms with Crippen LogP contribution < -0.4 is 4.74 Å². The fraction of sp³-hybridized carbons (Fsp3) is 0.429. The summed E-state index contributed by atoms with van der Waals surface area (Å²) in [5.74, 6) is -0.479. The molecule has 1 aromatic rings. The predicted octanol–water partition coefficient (Wildman–Crippen LogP) is 1.71. The molecule has 2 atom stereocenters. The van der Waals surface area contributed by atoms with E-state index in [0.717, 1.165) is 5.56 Å². The zero-order chi connectivity index (χ0) is 14.2. The van der Waals surface area contributed by atoms with E-state index in [9.17, 15) is 14.7 Å². The number of ketones is 1. The summed E-state index contributed by atoms with van der Waals surface area (Å²) >= 11 is 0. The summed E-state index contributed by atoms with van der Waals surface area (Å²) in [5, 5.41) is 9.76. The van der Waals surface area contributed by atoms with Crippen LogP contribution in [0.15, 0.2) is 12.1 Å². The highest BCUT2D eigenvalue weighted by atomic mass is 16.5. The number of Topliss-reactive ketones (excluding diaryl/α,β-unsaturated/α-hetero) is 1. The van der Waals surface area contributed by atoms with E-state index in [-0.39, 0.29) is 29.2 Å². The second-order valence-electron chi connectivity index (χ2n) is 4.71. The molecule has 19 heavy (non-hydrogen) atoms. The third kappa shape index (κ3) is 2.41. The summed E-state index contributed by atoms with van der Waals surface area (Å²) in [4.78, 5) is 22.8. The molecule has 5 heteroatoms. The van der Waals surface area contributed by atoms with Crippen molar-refractivity contribution in [3.63, 3.8) is 0 Å². The number of hydrogen-bond acceptors (Lipinski definition) is 5. The standard InChI is InChI=1S/C14H16O5/c1-7(14(17)18-3)12-5-9-4-11(16)10(8(2)15)6-13(9)19-12/h4,6-7,12,16H,5H2,1-3H3. The minimum atomic E-state index is -0.402. The molecule has 0 aliphatic carbocycles. The van der Waals surface area contributed by atoms with Gasteiger partial charge in [-0.2, -0.15) is 0 Å². The molecule has 1 aromatic carbocycles. The highest BCUT2D eigenvalue weighted by Gasteiger charge is 2.33. The molecule has 0 bridgehead atoms. The maximum atomic E-state index is 11.5. The van der Waals surface area contributed by atoms with Gasteiger partial charge in [0.2, 0.25) is 0 Å². The third-order valence-corrected chi connectivity index (χ3v) is 3.39. The molecule has 0 aromatic heterocycles. The normalized spacial score (nSPS) is 18.4. The van der Waals surface area contributed by atoms with Crippen molar-refractivity contribution in [2.24, 2.45) is 5.92 Å². The van der Waals surface area contributed by atoms with Gasteiger partial charge in [0, 0.05) is 12.0 Å². The third-order valence-electron chi connectivity index (χ3n) is 3.39. The molecule has 0 radical (unpaired) electrons. The maximum Gasteiger partial charge on any atom is 0.312 e. The van der Waals surface area contributed by atoms with Gasteiger partial charge in [-0.1, -0.05) is 0 Å². The molecule has 1 heterocycles. The zero-order valence-electron chi connectivity index (χ0n) is 11.1. The zero-order valence-corrected chi connectivity index (χ0v) is 11.1. The van der Waals surface area contributed by atoms with Crippen molar-refractivity contribution in [1.82, 2.24) is 0 Å². The van der Waals surface area contributed by atoms with E-state index in [1.165, 1.54) is 26.2 Å². The van der Waals surface area contributed by atoms with E-state index in [1.54, 1.807) is 6.92 Å². The number of aromatic hydroxyl groups is 1. The van der Waals surface area contributed by atoms with Crippen molar-refractivity contribution in [2.45, 2.75) is 26.4 Å². The number of rotatable bonds is 3. The predicted molar refractivity (Wildman–Crippen MR) is 67.4 cm³/mol. The van der Waals surface area contributed by atoms with Crippen LogP contribution in [0.4, 0.5) is 0 Å². The van der Waals surface area contributed by atoms with Crippen molar-refractivity contribution in [3.8, 4) is 11.5 Å². The Balaban J connectivity index is 2.25. The summed E-state index contributed by atoms with van der Waals surface area (Å²) in [5.41, 5.74) is 1.02. The van der Waals surface area contributed by atoms with E-state index < -0.39 is 5.92 Å². The number of carbonyl (C=O) groups excluding carboxylic acids is 2. The Bertz CT molecular complexity index is 535. The van der Waals surface area contributed by atoms with E-state index in [4.69, 9.17) is 4.74 Å². The smallest absolute Gasteiger partial charge is 0.312 e. The van der Waals surface area contributed by atoms with Crippen molar-refractivity contribution < 1.29 is 24.2 Å². The Kier molecular flexibility index (Phi) is 3.46. The Labute approximate surface area is 111 Å². The molecule has 0 saturated heterocycles. The first-order valence-electron chi connectivity index (χ1n) is 6.05. The van der Waals surface area contributed by atoms with Gasteiger partial charge in [0.1, 0.15) is 17.6 Å². The molecule has 1 N–H and O–H groups in total. The number of carbonyl (C=O) groups is 2. The summed E-state index contributed by atoms with van der Waals surface area (Å²) in [6.45, 7) is 3.11. The lowest BCUT2D eigenvalue weighted by atomic mass is 9.98. The van der Waals surface area contributed by atoms with Crippen LogP contribution >= 0.6 is 0 Å². The van der Waals surface area contributed by atoms with Crippen LogP contribution in [0.2, 0.25) is 0 Å². The number of esters is 1. The summed E-state index contributed by atoms with van der Waals surface area (Å²) < 4.78 is 10.4. The molecule has 2 unspecified atom stereocenters. The number of benzene rings is 1. The summed E-state index contributed by atoms with van der Waals surface area (Å²) in [7, 11) is 1.33. The van der Waals surface area contributed by atoms with E-state index >= 15 is 0 Å². The van der Waals surface area contributed by atoms with Crippen LogP contribution in [0, 0.1) is 5.92 Å². The first-order chi connectivity index (χ1) is 8.93. The van der Waals surface area contributed by atoms with Gasteiger partial charge >= 0.3 is 5.97 Å². The van der Waals surface area contributed by atoms with Crippen LogP contribution in [0.25, 0.3) is 0 Å². The van der Waals surface area contributed by atoms with E-state index in [0.29, 0.717) is 12.2 Å². The molecule has 1 aliphatic rings. The van der Waals surface area contributed by atoms with Gasteiger partial charge in [-0.3, -0.25) is 9.59 Å². The highest BCUT2D eigenvalue weighted by molar-refractivity contribution is 5.97. The molecule has 0 saturated carbocycles. The first kappa shape index (κ1) is 13.4. The molecule has 0 spiro atoms. The van der Waals surface area contributed by atoms with Gasteiger partial charge in [-0.15, -0.1) is 0 Å². The Hall–Kier alpha value is -2.04. The number of phenolic OH excluding ortho intramolecular Hbond substituents is 1. The van der Waals surface area contributed by atoms with Crippen LogP contribution in [-0.2, 0) is 16.0 Å². The van der Waals surface area contributed by atoms with E-state index in [2.05, 4.69) is 4.74 Å². The minimum absolute atomic E-state index is 0.0544. The van der Waals surface area contributed by atoms with Crippen LogP contribution in [-0.4, -0.2) is 30.1 Å². The van der Waals surface area contributed by atoms with E-state index in [1.807, 2.05) is 0 Å². The molecular formula is C14H16O5. The molecule has 2 rings (SSSR count). The van der Waals surface area contributed by atoms with Crippen molar-refractivity contribution in [1.29, 1.82) is 0 Å². The molecule has 1 aliphatic heterocycles. The number of phenols is 1. The fourth-order valence-electron chi connectivity index (χ4n) is 2.20. The average Bonchev–Trinajstić information content (AvgIpc) is 2.78. The number of ether oxygens (including phenoxy) is 2. The maximum absolute atomic E-state index is 11.5. The lowest BCUT2D eigenvalue weighted by Gasteiger charge is -2.16. The second-order valence-corrected chi connectivity index (χ2v) is 4.71. The largest absolute Gasteiger partial charge is 0.507 e. The Morgan fingerprint density at radius 3 is 2.74 bits per heavy atom. The fourth-order valence-corrected chi connectivity index (χ4v) is 2.20. The second kappa shape index (κ2) is 4.91. The van der Waals surface area contributed by atoms with Crippen LogP contribution in [0.3, 0.4) is 0 Å². The lowest BCUT2D eigenvalue weighted by Crippen LogP contribution is -2.30. The van der Waals surface area contributed by atoms with Gasteiger partial charge in [0.05, 0.1) is 18.6 Å². The van der Waals surface area contributed by atoms with Crippen molar-refractivity contribution in [3.05, 3.63) is 23.3 Å². The van der Waals surface area contributed by atoms with Gasteiger partial charge in [0.25, 0.3) is 0 Å². The SMILES string of the molecule is COC(=O)C(C)C1Cc2cc(O)c(C(C)=O)cc2O1. The Morgan fingerprint density at radius 1 is 1.47 bits per heavy atom. The quantitative estimate of drug-likeness (QED) is 0.664. The van der Waals surface area contributed by atoms with Gasteiger partial charge in [-0.05, 0) is 26.0 Å². The lowest BCUT2D eigenvalue weighted by molar-refractivity contribution is -0.147. The molecule has 5 nitrogen and oxygen atoms in total. The number of methoxy groups -OCH3 is 1.